The SMILES string of the molecule is Cc1nnc(SCc2ccc(C(=O)Nc3ccc([N+](=O)[O-])cc3)cc2)[nH]c1=O. The maximum atomic E-state index is 12.3. The van der Waals surface area contributed by atoms with Crippen molar-refractivity contribution < 1.29 is 9.72 Å². The third-order valence-corrected chi connectivity index (χ3v) is 4.70. The molecule has 9 nitrogen and oxygen atoms in total. The molecule has 0 saturated carbocycles. The Hall–Kier alpha value is -3.53. The molecular weight excluding hydrogens is 382 g/mol. The summed E-state index contributed by atoms with van der Waals surface area (Å²) in [5.74, 6) is 0.236. The highest BCUT2D eigenvalue weighted by molar-refractivity contribution is 7.98. The maximum Gasteiger partial charge on any atom is 0.273 e. The van der Waals surface area contributed by atoms with E-state index in [1.165, 1.54) is 36.0 Å². The molecule has 0 saturated heterocycles. The minimum Gasteiger partial charge on any atom is -0.322 e. The lowest BCUT2D eigenvalue weighted by Crippen LogP contribution is -2.14. The van der Waals surface area contributed by atoms with E-state index < -0.39 is 4.92 Å². The second-order valence-corrected chi connectivity index (χ2v) is 6.75. The van der Waals surface area contributed by atoms with Crippen LogP contribution in [0.3, 0.4) is 0 Å². The van der Waals surface area contributed by atoms with E-state index in [-0.39, 0.29) is 17.2 Å². The molecule has 0 atom stereocenters. The maximum absolute atomic E-state index is 12.3. The molecule has 0 aliphatic rings. The number of nitrogens with one attached hydrogen (secondary N) is 2. The number of thioether (sulfide) groups is 1. The van der Waals surface area contributed by atoms with E-state index in [4.69, 9.17) is 0 Å². The summed E-state index contributed by atoms with van der Waals surface area (Å²) in [5.41, 5.74) is 1.87. The van der Waals surface area contributed by atoms with Gasteiger partial charge in [0.05, 0.1) is 4.92 Å². The van der Waals surface area contributed by atoms with Gasteiger partial charge in [0.15, 0.2) is 5.16 Å². The molecule has 10 heteroatoms. The number of aryl methyl sites for hydroxylation is 1. The summed E-state index contributed by atoms with van der Waals surface area (Å²) in [6, 6.07) is 12.6. The second-order valence-electron chi connectivity index (χ2n) is 5.79. The fraction of sp³-hybridized carbons (Fsp3) is 0.111. The fourth-order valence-corrected chi connectivity index (χ4v) is 2.98. The van der Waals surface area contributed by atoms with Gasteiger partial charge in [0.2, 0.25) is 0 Å². The van der Waals surface area contributed by atoms with E-state index in [0.29, 0.717) is 27.9 Å². The van der Waals surface area contributed by atoms with Crippen molar-refractivity contribution in [2.24, 2.45) is 0 Å². The second kappa shape index (κ2) is 8.44. The first-order valence-electron chi connectivity index (χ1n) is 8.13. The highest BCUT2D eigenvalue weighted by Gasteiger charge is 2.09. The average molecular weight is 397 g/mol. The van der Waals surface area contributed by atoms with Crippen LogP contribution in [-0.2, 0) is 5.75 Å². The molecule has 0 aliphatic heterocycles. The van der Waals surface area contributed by atoms with Gasteiger partial charge in [-0.05, 0) is 36.8 Å². The topological polar surface area (TPSA) is 131 Å². The van der Waals surface area contributed by atoms with E-state index in [2.05, 4.69) is 20.5 Å². The summed E-state index contributed by atoms with van der Waals surface area (Å²) >= 11 is 1.33. The Labute approximate surface area is 163 Å². The fourth-order valence-electron chi connectivity index (χ4n) is 2.22. The third-order valence-electron chi connectivity index (χ3n) is 3.77. The van der Waals surface area contributed by atoms with Crippen molar-refractivity contribution in [3.8, 4) is 0 Å². The molecule has 0 fully saturated rings. The largest absolute Gasteiger partial charge is 0.322 e. The number of aromatic nitrogens is 3. The van der Waals surface area contributed by atoms with Crippen LogP contribution in [0.4, 0.5) is 11.4 Å². The number of amides is 1. The molecular formula is C18H15N5O4S. The smallest absolute Gasteiger partial charge is 0.273 e. The quantitative estimate of drug-likeness (QED) is 0.371. The van der Waals surface area contributed by atoms with Crippen molar-refractivity contribution in [2.75, 3.05) is 5.32 Å². The minimum atomic E-state index is -0.500. The van der Waals surface area contributed by atoms with E-state index >= 15 is 0 Å². The number of hydrogen-bond donors (Lipinski definition) is 2. The molecule has 1 aromatic heterocycles. The van der Waals surface area contributed by atoms with Crippen LogP contribution in [0.15, 0.2) is 58.5 Å². The van der Waals surface area contributed by atoms with E-state index in [9.17, 15) is 19.7 Å². The van der Waals surface area contributed by atoms with Gasteiger partial charge in [0.25, 0.3) is 17.2 Å². The molecule has 0 spiro atoms. The number of aromatic amines is 1. The molecule has 2 aromatic carbocycles. The van der Waals surface area contributed by atoms with Gasteiger partial charge in [-0.1, -0.05) is 23.9 Å². The summed E-state index contributed by atoms with van der Waals surface area (Å²) in [7, 11) is 0. The highest BCUT2D eigenvalue weighted by atomic mass is 32.2. The molecule has 0 aliphatic carbocycles. The van der Waals surface area contributed by atoms with E-state index in [1.807, 2.05) is 0 Å². The lowest BCUT2D eigenvalue weighted by atomic mass is 10.1. The average Bonchev–Trinajstić information content (AvgIpc) is 2.69. The van der Waals surface area contributed by atoms with Crippen LogP contribution in [0.2, 0.25) is 0 Å². The monoisotopic (exact) mass is 397 g/mol. The number of nitro benzene ring substituents is 1. The predicted octanol–water partition coefficient (Wildman–Crippen LogP) is 2.93. The van der Waals surface area contributed by atoms with Crippen LogP contribution in [-0.4, -0.2) is 26.0 Å². The van der Waals surface area contributed by atoms with Gasteiger partial charge in [-0.3, -0.25) is 24.7 Å². The summed E-state index contributed by atoms with van der Waals surface area (Å²) in [4.78, 5) is 36.6. The molecule has 142 valence electrons. The minimum absolute atomic E-state index is 0.0422. The van der Waals surface area contributed by atoms with Crippen LogP contribution < -0.4 is 10.9 Å². The number of carbonyl (C=O) groups excluding carboxylic acids is 1. The number of H-pyrrole nitrogens is 1. The van der Waals surface area contributed by atoms with E-state index in [1.54, 1.807) is 31.2 Å². The first-order chi connectivity index (χ1) is 13.4. The molecule has 28 heavy (non-hydrogen) atoms. The summed E-state index contributed by atoms with van der Waals surface area (Å²) in [6.07, 6.45) is 0. The molecule has 0 radical (unpaired) electrons. The lowest BCUT2D eigenvalue weighted by Gasteiger charge is -2.06. The number of non-ortho nitro benzene ring substituents is 1. The summed E-state index contributed by atoms with van der Waals surface area (Å²) < 4.78 is 0. The predicted molar refractivity (Wildman–Crippen MR) is 104 cm³/mol. The van der Waals surface area contributed by atoms with Crippen LogP contribution in [0.25, 0.3) is 0 Å². The first-order valence-corrected chi connectivity index (χ1v) is 9.12. The van der Waals surface area contributed by atoms with Crippen molar-refractivity contribution in [1.82, 2.24) is 15.2 Å². The van der Waals surface area contributed by atoms with Crippen LogP contribution in [0.1, 0.15) is 21.6 Å². The summed E-state index contributed by atoms with van der Waals surface area (Å²) in [5, 5.41) is 21.5. The Morgan fingerprint density at radius 3 is 2.43 bits per heavy atom. The van der Waals surface area contributed by atoms with Gasteiger partial charge in [0, 0.05) is 29.1 Å². The Morgan fingerprint density at radius 2 is 1.82 bits per heavy atom. The van der Waals surface area contributed by atoms with E-state index in [0.717, 1.165) is 5.56 Å². The molecule has 0 unspecified atom stereocenters. The number of carbonyl (C=O) groups is 1. The first kappa shape index (κ1) is 19.2. The zero-order valence-corrected chi connectivity index (χ0v) is 15.5. The molecule has 1 amide bonds. The van der Waals surface area contributed by atoms with Crippen LogP contribution >= 0.6 is 11.8 Å². The van der Waals surface area contributed by atoms with Crippen LogP contribution in [0.5, 0.6) is 0 Å². The standard InChI is InChI=1S/C18H15N5O4S/c1-11-16(24)20-18(22-21-11)28-10-12-2-4-13(5-3-12)17(25)19-14-6-8-15(9-7-14)23(26)27/h2-9H,10H2,1H3,(H,19,25)(H,20,22,24). The molecule has 3 rings (SSSR count). The third kappa shape index (κ3) is 4.80. The Balaban J connectivity index is 1.59. The van der Waals surface area contributed by atoms with Gasteiger partial charge in [-0.25, -0.2) is 0 Å². The van der Waals surface area contributed by atoms with Crippen LogP contribution in [0, 0.1) is 17.0 Å². The van der Waals surface area contributed by atoms with Crippen molar-refractivity contribution in [2.45, 2.75) is 17.8 Å². The molecule has 0 bridgehead atoms. The Morgan fingerprint density at radius 1 is 1.14 bits per heavy atom. The number of anilines is 1. The Kier molecular flexibility index (Phi) is 5.80. The lowest BCUT2D eigenvalue weighted by molar-refractivity contribution is -0.384. The van der Waals surface area contributed by atoms with Gasteiger partial charge < -0.3 is 5.32 Å². The zero-order valence-electron chi connectivity index (χ0n) is 14.7. The van der Waals surface area contributed by atoms with Crippen molar-refractivity contribution in [3.05, 3.63) is 85.8 Å². The van der Waals surface area contributed by atoms with Gasteiger partial charge in [-0.2, -0.15) is 0 Å². The Bertz CT molecular complexity index is 1060. The summed E-state index contributed by atoms with van der Waals surface area (Å²) in [6.45, 7) is 1.58. The molecule has 2 N–H and O–H groups in total. The number of hydrogen-bond acceptors (Lipinski definition) is 7. The van der Waals surface area contributed by atoms with Gasteiger partial charge >= 0.3 is 0 Å². The molecule has 3 aromatic rings. The highest BCUT2D eigenvalue weighted by Crippen LogP contribution is 2.19. The normalized spacial score (nSPS) is 10.5. The zero-order chi connectivity index (χ0) is 20.1. The van der Waals surface area contributed by atoms with Crippen molar-refractivity contribution in [1.29, 1.82) is 0 Å². The van der Waals surface area contributed by atoms with Gasteiger partial charge in [-0.15, -0.1) is 10.2 Å². The van der Waals surface area contributed by atoms with Crippen molar-refractivity contribution >= 4 is 29.0 Å². The van der Waals surface area contributed by atoms with Crippen molar-refractivity contribution in [3.63, 3.8) is 0 Å². The number of benzene rings is 2. The number of rotatable bonds is 6. The van der Waals surface area contributed by atoms with Gasteiger partial charge in [0.1, 0.15) is 5.69 Å². The molecule has 1 heterocycles. The number of nitrogens with zero attached hydrogens (tertiary/aromatic N) is 3. The number of nitro groups is 1.